The lowest BCUT2D eigenvalue weighted by Gasteiger charge is -2.33. The zero-order valence-electron chi connectivity index (χ0n) is 15.5. The normalized spacial score (nSPS) is 16.9. The Labute approximate surface area is 160 Å². The molecular weight excluding hydrogens is 334 g/mol. The smallest absolute Gasteiger partial charge is 0.254 e. The van der Waals surface area contributed by atoms with Crippen LogP contribution in [0.15, 0.2) is 78.9 Å². The van der Waals surface area contributed by atoms with Crippen molar-refractivity contribution in [2.45, 2.75) is 13.0 Å². The molecule has 1 aliphatic heterocycles. The third-order valence-electron chi connectivity index (χ3n) is 5.04. The summed E-state index contributed by atoms with van der Waals surface area (Å²) in [5.74, 6) is 0.0648. The van der Waals surface area contributed by atoms with Crippen LogP contribution in [0.4, 0.5) is 0 Å². The number of ether oxygens (including phenoxy) is 1. The van der Waals surface area contributed by atoms with Crippen LogP contribution in [0.3, 0.4) is 0 Å². The minimum Gasteiger partial charge on any atom is -0.370 e. The predicted molar refractivity (Wildman–Crippen MR) is 108 cm³/mol. The van der Waals surface area contributed by atoms with Gasteiger partial charge in [-0.1, -0.05) is 72.3 Å². The van der Waals surface area contributed by atoms with E-state index >= 15 is 0 Å². The van der Waals surface area contributed by atoms with E-state index in [0.29, 0.717) is 19.7 Å². The maximum Gasteiger partial charge on any atom is 0.254 e. The maximum absolute atomic E-state index is 12.9. The zero-order chi connectivity index (χ0) is 18.6. The number of morpholine rings is 1. The molecule has 0 spiro atoms. The monoisotopic (exact) mass is 357 g/mol. The molecule has 1 amide bonds. The van der Waals surface area contributed by atoms with Gasteiger partial charge in [0.25, 0.3) is 5.91 Å². The van der Waals surface area contributed by atoms with Crippen molar-refractivity contribution in [1.82, 2.24) is 4.90 Å². The Morgan fingerprint density at radius 2 is 1.56 bits per heavy atom. The van der Waals surface area contributed by atoms with Crippen molar-refractivity contribution in [2.24, 2.45) is 0 Å². The van der Waals surface area contributed by atoms with Crippen LogP contribution in [0.5, 0.6) is 0 Å². The summed E-state index contributed by atoms with van der Waals surface area (Å²) in [6.07, 6.45) is -0.0631. The Hall–Kier alpha value is -2.91. The molecule has 3 nitrogen and oxygen atoms in total. The van der Waals surface area contributed by atoms with Gasteiger partial charge >= 0.3 is 0 Å². The Morgan fingerprint density at radius 1 is 0.889 bits per heavy atom. The molecule has 0 N–H and O–H groups in total. The van der Waals surface area contributed by atoms with Crippen molar-refractivity contribution in [3.63, 3.8) is 0 Å². The highest BCUT2D eigenvalue weighted by Gasteiger charge is 2.26. The number of aryl methyl sites for hydroxylation is 1. The van der Waals surface area contributed by atoms with Crippen LogP contribution >= 0.6 is 0 Å². The summed E-state index contributed by atoms with van der Waals surface area (Å²) in [5.41, 5.74) is 5.34. The molecule has 0 aromatic heterocycles. The minimum absolute atomic E-state index is 0.0631. The molecule has 136 valence electrons. The molecule has 1 aliphatic rings. The standard InChI is InChI=1S/C24H23NO2/c1-18-7-9-21(10-8-18)23-17-25(15-16-27-23)24(26)22-13-11-20(12-14-22)19-5-3-2-4-6-19/h2-14,23H,15-17H2,1H3. The molecular formula is C24H23NO2. The molecule has 0 bridgehead atoms. The summed E-state index contributed by atoms with van der Waals surface area (Å²) >= 11 is 0. The first kappa shape index (κ1) is 17.5. The van der Waals surface area contributed by atoms with E-state index in [1.807, 2.05) is 47.4 Å². The first-order chi connectivity index (χ1) is 13.2. The van der Waals surface area contributed by atoms with Crippen molar-refractivity contribution >= 4 is 5.91 Å². The first-order valence-corrected chi connectivity index (χ1v) is 9.33. The van der Waals surface area contributed by atoms with E-state index in [4.69, 9.17) is 4.74 Å². The second kappa shape index (κ2) is 7.77. The lowest BCUT2D eigenvalue weighted by Crippen LogP contribution is -2.42. The number of rotatable bonds is 3. The fourth-order valence-electron chi connectivity index (χ4n) is 3.43. The summed E-state index contributed by atoms with van der Waals surface area (Å²) in [5, 5.41) is 0. The van der Waals surface area contributed by atoms with Crippen LogP contribution in [0.1, 0.15) is 27.6 Å². The third-order valence-corrected chi connectivity index (χ3v) is 5.04. The summed E-state index contributed by atoms with van der Waals surface area (Å²) in [6.45, 7) is 3.84. The van der Waals surface area contributed by atoms with Gasteiger partial charge in [-0.05, 0) is 35.7 Å². The average Bonchev–Trinajstić information content (AvgIpc) is 2.75. The lowest BCUT2D eigenvalue weighted by atomic mass is 10.0. The van der Waals surface area contributed by atoms with Crippen LogP contribution < -0.4 is 0 Å². The Morgan fingerprint density at radius 3 is 2.26 bits per heavy atom. The molecule has 0 saturated carbocycles. The quantitative estimate of drug-likeness (QED) is 0.669. The van der Waals surface area contributed by atoms with Gasteiger partial charge in [0, 0.05) is 12.1 Å². The number of nitrogens with zero attached hydrogens (tertiary/aromatic N) is 1. The molecule has 1 unspecified atom stereocenters. The summed E-state index contributed by atoms with van der Waals surface area (Å²) in [7, 11) is 0. The van der Waals surface area contributed by atoms with Gasteiger partial charge in [-0.15, -0.1) is 0 Å². The fourth-order valence-corrected chi connectivity index (χ4v) is 3.43. The van der Waals surface area contributed by atoms with Gasteiger partial charge in [-0.3, -0.25) is 4.79 Å². The second-order valence-corrected chi connectivity index (χ2v) is 6.96. The summed E-state index contributed by atoms with van der Waals surface area (Å²) < 4.78 is 5.90. The summed E-state index contributed by atoms with van der Waals surface area (Å²) in [6, 6.07) is 26.4. The van der Waals surface area contributed by atoms with Gasteiger partial charge < -0.3 is 9.64 Å². The van der Waals surface area contributed by atoms with Crippen molar-refractivity contribution in [1.29, 1.82) is 0 Å². The highest BCUT2D eigenvalue weighted by Crippen LogP contribution is 2.25. The van der Waals surface area contributed by atoms with Gasteiger partial charge in [-0.25, -0.2) is 0 Å². The predicted octanol–water partition coefficient (Wildman–Crippen LogP) is 4.88. The number of hydrogen-bond acceptors (Lipinski definition) is 2. The fraction of sp³-hybridized carbons (Fsp3) is 0.208. The maximum atomic E-state index is 12.9. The van der Waals surface area contributed by atoms with Gasteiger partial charge in [0.05, 0.1) is 13.2 Å². The van der Waals surface area contributed by atoms with Crippen molar-refractivity contribution in [2.75, 3.05) is 19.7 Å². The first-order valence-electron chi connectivity index (χ1n) is 9.33. The lowest BCUT2D eigenvalue weighted by molar-refractivity contribution is -0.0228. The van der Waals surface area contributed by atoms with Gasteiger partial charge in [-0.2, -0.15) is 0 Å². The number of carbonyl (C=O) groups excluding carboxylic acids is 1. The number of carbonyl (C=O) groups is 1. The van der Waals surface area contributed by atoms with Crippen LogP contribution in [0, 0.1) is 6.92 Å². The average molecular weight is 357 g/mol. The Kier molecular flexibility index (Phi) is 5.03. The van der Waals surface area contributed by atoms with Crippen molar-refractivity contribution < 1.29 is 9.53 Å². The van der Waals surface area contributed by atoms with E-state index < -0.39 is 0 Å². The van der Waals surface area contributed by atoms with Crippen LogP contribution in [-0.4, -0.2) is 30.5 Å². The molecule has 1 saturated heterocycles. The van der Waals surface area contributed by atoms with Crippen LogP contribution in [0.2, 0.25) is 0 Å². The van der Waals surface area contributed by atoms with Crippen molar-refractivity contribution in [3.8, 4) is 11.1 Å². The number of benzene rings is 3. The van der Waals surface area contributed by atoms with E-state index in [0.717, 1.165) is 22.3 Å². The molecule has 3 aromatic carbocycles. The molecule has 1 fully saturated rings. The highest BCUT2D eigenvalue weighted by atomic mass is 16.5. The molecule has 1 atom stereocenters. The van der Waals surface area contributed by atoms with Crippen LogP contribution in [-0.2, 0) is 4.74 Å². The van der Waals surface area contributed by atoms with E-state index in [9.17, 15) is 4.79 Å². The molecule has 27 heavy (non-hydrogen) atoms. The zero-order valence-corrected chi connectivity index (χ0v) is 15.5. The number of hydrogen-bond donors (Lipinski definition) is 0. The molecule has 4 rings (SSSR count). The largest absolute Gasteiger partial charge is 0.370 e. The Balaban J connectivity index is 1.48. The number of amides is 1. The SMILES string of the molecule is Cc1ccc(C2CN(C(=O)c3ccc(-c4ccccc4)cc3)CCO2)cc1. The van der Waals surface area contributed by atoms with Gasteiger partial charge in [0.15, 0.2) is 0 Å². The van der Waals surface area contributed by atoms with E-state index in [2.05, 4.69) is 43.3 Å². The third kappa shape index (κ3) is 3.93. The molecule has 3 aromatic rings. The Bertz CT molecular complexity index is 901. The van der Waals surface area contributed by atoms with E-state index in [1.165, 1.54) is 5.56 Å². The second-order valence-electron chi connectivity index (χ2n) is 6.96. The molecule has 0 aliphatic carbocycles. The van der Waals surface area contributed by atoms with E-state index in [1.54, 1.807) is 0 Å². The van der Waals surface area contributed by atoms with E-state index in [-0.39, 0.29) is 12.0 Å². The van der Waals surface area contributed by atoms with Gasteiger partial charge in [0.2, 0.25) is 0 Å². The molecule has 1 heterocycles. The molecule has 3 heteroatoms. The minimum atomic E-state index is -0.0631. The summed E-state index contributed by atoms with van der Waals surface area (Å²) in [4.78, 5) is 14.8. The van der Waals surface area contributed by atoms with Gasteiger partial charge in [0.1, 0.15) is 6.10 Å². The van der Waals surface area contributed by atoms with Crippen LogP contribution in [0.25, 0.3) is 11.1 Å². The molecule has 0 radical (unpaired) electrons. The van der Waals surface area contributed by atoms with Crippen molar-refractivity contribution in [3.05, 3.63) is 95.6 Å². The topological polar surface area (TPSA) is 29.5 Å². The highest BCUT2D eigenvalue weighted by molar-refractivity contribution is 5.94.